The standard InChI is InChI=1S/C20H19N3O3S/c1-2-13-7-9-14(10-8-13)21-20-22-15(12-27-20)11-18(24)23-17-6-4-3-5-16(17)19(25)26/h3-10,12H,2,11H2,1H3,(H,21,22)(H,23,24)(H,25,26). The third kappa shape index (κ3) is 4.92. The number of benzene rings is 2. The van der Waals surface area contributed by atoms with Gasteiger partial charge in [0, 0.05) is 11.1 Å². The lowest BCUT2D eigenvalue weighted by atomic mass is 10.1. The number of thiazole rings is 1. The van der Waals surface area contributed by atoms with E-state index >= 15 is 0 Å². The summed E-state index contributed by atoms with van der Waals surface area (Å²) < 4.78 is 0. The fourth-order valence-electron chi connectivity index (χ4n) is 2.53. The molecular formula is C20H19N3O3S. The molecule has 3 rings (SSSR count). The van der Waals surface area contributed by atoms with Crippen LogP contribution in [0.15, 0.2) is 53.9 Å². The fourth-order valence-corrected chi connectivity index (χ4v) is 3.26. The van der Waals surface area contributed by atoms with Gasteiger partial charge >= 0.3 is 5.97 Å². The number of carbonyl (C=O) groups excluding carboxylic acids is 1. The lowest BCUT2D eigenvalue weighted by Crippen LogP contribution is -2.16. The summed E-state index contributed by atoms with van der Waals surface area (Å²) in [6, 6.07) is 14.4. The number of aromatic carboxylic acids is 1. The zero-order valence-electron chi connectivity index (χ0n) is 14.7. The minimum atomic E-state index is -1.08. The molecule has 3 aromatic rings. The van der Waals surface area contributed by atoms with E-state index in [-0.39, 0.29) is 23.6 Å². The van der Waals surface area contributed by atoms with Crippen LogP contribution in [0.4, 0.5) is 16.5 Å². The number of nitrogens with one attached hydrogen (secondary N) is 2. The van der Waals surface area contributed by atoms with E-state index < -0.39 is 5.97 Å². The molecule has 0 spiro atoms. The normalized spacial score (nSPS) is 10.4. The maximum Gasteiger partial charge on any atom is 0.337 e. The minimum absolute atomic E-state index is 0.0574. The molecule has 1 aromatic heterocycles. The molecule has 0 aliphatic rings. The molecule has 0 saturated heterocycles. The molecule has 3 N–H and O–H groups in total. The Morgan fingerprint density at radius 3 is 2.56 bits per heavy atom. The first-order valence-electron chi connectivity index (χ1n) is 8.47. The summed E-state index contributed by atoms with van der Waals surface area (Å²) in [6.45, 7) is 2.11. The molecular weight excluding hydrogens is 362 g/mol. The highest BCUT2D eigenvalue weighted by molar-refractivity contribution is 7.13. The van der Waals surface area contributed by atoms with Gasteiger partial charge in [0.1, 0.15) is 0 Å². The van der Waals surface area contributed by atoms with E-state index in [0.717, 1.165) is 12.1 Å². The van der Waals surface area contributed by atoms with Gasteiger partial charge in [0.15, 0.2) is 5.13 Å². The molecule has 6 nitrogen and oxygen atoms in total. The van der Waals surface area contributed by atoms with Crippen molar-refractivity contribution in [3.63, 3.8) is 0 Å². The Labute approximate surface area is 160 Å². The number of amides is 1. The van der Waals surface area contributed by atoms with Crippen molar-refractivity contribution in [2.24, 2.45) is 0 Å². The van der Waals surface area contributed by atoms with E-state index in [0.29, 0.717) is 10.8 Å². The van der Waals surface area contributed by atoms with Crippen LogP contribution in [0.3, 0.4) is 0 Å². The topological polar surface area (TPSA) is 91.3 Å². The second-order valence-electron chi connectivity index (χ2n) is 5.90. The van der Waals surface area contributed by atoms with E-state index in [1.165, 1.54) is 23.0 Å². The second kappa shape index (κ2) is 8.46. The summed E-state index contributed by atoms with van der Waals surface area (Å²) in [6.07, 6.45) is 1.06. The molecule has 7 heteroatoms. The quantitative estimate of drug-likeness (QED) is 0.567. The summed E-state index contributed by atoms with van der Waals surface area (Å²) in [5, 5.41) is 17.5. The van der Waals surface area contributed by atoms with Crippen molar-refractivity contribution >= 4 is 39.7 Å². The van der Waals surface area contributed by atoms with Crippen molar-refractivity contribution in [1.29, 1.82) is 0 Å². The van der Waals surface area contributed by atoms with Crippen LogP contribution < -0.4 is 10.6 Å². The van der Waals surface area contributed by atoms with E-state index in [2.05, 4.69) is 34.7 Å². The molecule has 27 heavy (non-hydrogen) atoms. The van der Waals surface area contributed by atoms with Crippen LogP contribution in [-0.4, -0.2) is 22.0 Å². The fraction of sp³-hybridized carbons (Fsp3) is 0.150. The van der Waals surface area contributed by atoms with Crippen LogP contribution in [0.2, 0.25) is 0 Å². The van der Waals surface area contributed by atoms with E-state index in [4.69, 9.17) is 0 Å². The smallest absolute Gasteiger partial charge is 0.337 e. The van der Waals surface area contributed by atoms with Crippen LogP contribution in [0, 0.1) is 0 Å². The highest BCUT2D eigenvalue weighted by atomic mass is 32.1. The summed E-state index contributed by atoms with van der Waals surface area (Å²) in [5.74, 6) is -1.40. The first-order valence-corrected chi connectivity index (χ1v) is 9.35. The number of rotatable bonds is 7. The maximum atomic E-state index is 12.2. The Morgan fingerprint density at radius 1 is 1.11 bits per heavy atom. The number of carbonyl (C=O) groups is 2. The molecule has 0 radical (unpaired) electrons. The molecule has 0 aliphatic carbocycles. The Hall–Kier alpha value is -3.19. The predicted molar refractivity (Wildman–Crippen MR) is 107 cm³/mol. The molecule has 0 unspecified atom stereocenters. The van der Waals surface area contributed by atoms with Gasteiger partial charge in [0.2, 0.25) is 5.91 Å². The van der Waals surface area contributed by atoms with Crippen LogP contribution in [0.5, 0.6) is 0 Å². The van der Waals surface area contributed by atoms with E-state index in [9.17, 15) is 14.7 Å². The van der Waals surface area contributed by atoms with E-state index in [1.54, 1.807) is 18.2 Å². The number of aryl methyl sites for hydroxylation is 1. The van der Waals surface area contributed by atoms with Gasteiger partial charge in [-0.3, -0.25) is 4.79 Å². The summed E-state index contributed by atoms with van der Waals surface area (Å²) in [4.78, 5) is 27.9. The summed E-state index contributed by atoms with van der Waals surface area (Å²) in [5.41, 5.74) is 3.16. The van der Waals surface area contributed by atoms with Gasteiger partial charge in [-0.25, -0.2) is 9.78 Å². The van der Waals surface area contributed by atoms with E-state index in [1.807, 2.05) is 17.5 Å². The van der Waals surface area contributed by atoms with Gasteiger partial charge < -0.3 is 15.7 Å². The highest BCUT2D eigenvalue weighted by Gasteiger charge is 2.13. The van der Waals surface area contributed by atoms with Gasteiger partial charge in [-0.1, -0.05) is 31.2 Å². The van der Waals surface area contributed by atoms with Crippen LogP contribution in [0.1, 0.15) is 28.5 Å². The first kappa shape index (κ1) is 18.6. The Balaban J connectivity index is 1.61. The summed E-state index contributed by atoms with van der Waals surface area (Å²) >= 11 is 1.41. The Morgan fingerprint density at radius 2 is 1.85 bits per heavy atom. The number of carboxylic acids is 1. The number of para-hydroxylation sites is 1. The van der Waals surface area contributed by atoms with Crippen LogP contribution in [-0.2, 0) is 17.6 Å². The molecule has 1 amide bonds. The minimum Gasteiger partial charge on any atom is -0.478 e. The van der Waals surface area contributed by atoms with Gasteiger partial charge in [-0.05, 0) is 36.2 Å². The average Bonchev–Trinajstić information content (AvgIpc) is 3.09. The number of anilines is 3. The lowest BCUT2D eigenvalue weighted by Gasteiger charge is -2.07. The number of aromatic nitrogens is 1. The second-order valence-corrected chi connectivity index (χ2v) is 6.75. The Bertz CT molecular complexity index is 951. The average molecular weight is 381 g/mol. The van der Waals surface area contributed by atoms with Gasteiger partial charge in [-0.15, -0.1) is 11.3 Å². The molecule has 0 saturated carbocycles. The molecule has 0 bridgehead atoms. The van der Waals surface area contributed by atoms with Crippen molar-refractivity contribution < 1.29 is 14.7 Å². The molecule has 1 heterocycles. The number of nitrogens with zero attached hydrogens (tertiary/aromatic N) is 1. The molecule has 0 aliphatic heterocycles. The van der Waals surface area contributed by atoms with Gasteiger partial charge in [0.25, 0.3) is 0 Å². The third-order valence-electron chi connectivity index (χ3n) is 3.94. The lowest BCUT2D eigenvalue weighted by molar-refractivity contribution is -0.115. The summed E-state index contributed by atoms with van der Waals surface area (Å²) in [7, 11) is 0. The SMILES string of the molecule is CCc1ccc(Nc2nc(CC(=O)Nc3ccccc3C(=O)O)cs2)cc1. The molecule has 0 atom stereocenters. The monoisotopic (exact) mass is 381 g/mol. The van der Waals surface area contributed by atoms with Crippen LogP contribution >= 0.6 is 11.3 Å². The number of hydrogen-bond acceptors (Lipinski definition) is 5. The largest absolute Gasteiger partial charge is 0.478 e. The first-order chi connectivity index (χ1) is 13.0. The van der Waals surface area contributed by atoms with Crippen molar-refractivity contribution in [3.8, 4) is 0 Å². The van der Waals surface area contributed by atoms with Crippen LogP contribution in [0.25, 0.3) is 0 Å². The van der Waals surface area contributed by atoms with Gasteiger partial charge in [-0.2, -0.15) is 0 Å². The molecule has 138 valence electrons. The van der Waals surface area contributed by atoms with Crippen molar-refractivity contribution in [3.05, 3.63) is 70.7 Å². The maximum absolute atomic E-state index is 12.2. The highest BCUT2D eigenvalue weighted by Crippen LogP contribution is 2.22. The van der Waals surface area contributed by atoms with Crippen molar-refractivity contribution in [1.82, 2.24) is 4.98 Å². The number of carboxylic acid groups (broad SMARTS) is 1. The predicted octanol–water partition coefficient (Wildman–Crippen LogP) is 4.33. The van der Waals surface area contributed by atoms with Crippen molar-refractivity contribution in [2.75, 3.05) is 10.6 Å². The Kier molecular flexibility index (Phi) is 5.83. The van der Waals surface area contributed by atoms with Crippen molar-refractivity contribution in [2.45, 2.75) is 19.8 Å². The van der Waals surface area contributed by atoms with Gasteiger partial charge in [0.05, 0.1) is 23.4 Å². The zero-order chi connectivity index (χ0) is 19.2. The third-order valence-corrected chi connectivity index (χ3v) is 4.74. The zero-order valence-corrected chi connectivity index (χ0v) is 15.5. The molecule has 2 aromatic carbocycles. The number of hydrogen-bond donors (Lipinski definition) is 3. The molecule has 0 fully saturated rings.